The molecule has 0 aliphatic rings. The van der Waals surface area contributed by atoms with Crippen LogP contribution in [0.15, 0.2) is 60.0 Å². The van der Waals surface area contributed by atoms with E-state index in [4.69, 9.17) is 16.3 Å². The van der Waals surface area contributed by atoms with Gasteiger partial charge in [-0.1, -0.05) is 48.0 Å². The highest BCUT2D eigenvalue weighted by molar-refractivity contribution is 7.13. The summed E-state index contributed by atoms with van der Waals surface area (Å²) in [6, 6.07) is 17.0. The Kier molecular flexibility index (Phi) is 5.68. The first-order valence-electron chi connectivity index (χ1n) is 7.78. The molecule has 0 saturated carbocycles. The Labute approximate surface area is 155 Å². The topological polar surface area (TPSA) is 42.4 Å². The van der Waals surface area contributed by atoms with E-state index in [0.29, 0.717) is 29.6 Å². The Bertz CT molecular complexity index is 851. The number of hydrogen-bond acceptors (Lipinski definition) is 4. The Hall–Kier alpha value is -2.37. The van der Waals surface area contributed by atoms with Gasteiger partial charge in [0.05, 0.1) is 6.54 Å². The first-order chi connectivity index (χ1) is 12.1. The fraction of sp³-hybridized carbons (Fsp3) is 0.158. The quantitative estimate of drug-likeness (QED) is 0.634. The summed E-state index contributed by atoms with van der Waals surface area (Å²) in [6.07, 6.45) is 0. The molecule has 0 bridgehead atoms. The second-order valence-electron chi connectivity index (χ2n) is 5.44. The Morgan fingerprint density at radius 2 is 2.00 bits per heavy atom. The monoisotopic (exact) mass is 372 g/mol. The number of amides is 1. The number of hydrogen-bond donors (Lipinski definition) is 0. The van der Waals surface area contributed by atoms with E-state index in [1.165, 1.54) is 11.3 Å². The SMILES string of the molecule is CN(CCOc1cccc(Cl)c1)C(=O)c1csc(-c2ccccc2)n1. The van der Waals surface area contributed by atoms with Crippen LogP contribution in [-0.4, -0.2) is 36.0 Å². The summed E-state index contributed by atoms with van der Waals surface area (Å²) in [6.45, 7) is 0.849. The smallest absolute Gasteiger partial charge is 0.273 e. The van der Waals surface area contributed by atoms with Gasteiger partial charge in [-0.25, -0.2) is 4.98 Å². The van der Waals surface area contributed by atoms with Crippen LogP contribution in [-0.2, 0) is 0 Å². The lowest BCUT2D eigenvalue weighted by Crippen LogP contribution is -2.31. The first-order valence-corrected chi connectivity index (χ1v) is 9.04. The van der Waals surface area contributed by atoms with E-state index in [0.717, 1.165) is 10.6 Å². The molecule has 0 aliphatic heterocycles. The molecule has 0 saturated heterocycles. The number of ether oxygens (including phenoxy) is 1. The standard InChI is InChI=1S/C19H17ClN2O2S/c1-22(10-11-24-16-9-5-8-15(20)12-16)19(23)17-13-25-18(21-17)14-6-3-2-4-7-14/h2-9,12-13H,10-11H2,1H3. The van der Waals surface area contributed by atoms with E-state index in [2.05, 4.69) is 4.98 Å². The fourth-order valence-electron chi connectivity index (χ4n) is 2.24. The molecule has 128 valence electrons. The number of aromatic nitrogens is 1. The second kappa shape index (κ2) is 8.14. The molecule has 6 heteroatoms. The van der Waals surface area contributed by atoms with Crippen molar-refractivity contribution in [1.29, 1.82) is 0 Å². The molecule has 0 spiro atoms. The van der Waals surface area contributed by atoms with Crippen LogP contribution in [0.4, 0.5) is 0 Å². The van der Waals surface area contributed by atoms with E-state index in [-0.39, 0.29) is 5.91 Å². The summed E-state index contributed by atoms with van der Waals surface area (Å²) >= 11 is 7.38. The van der Waals surface area contributed by atoms with E-state index in [1.807, 2.05) is 42.5 Å². The molecule has 1 aromatic heterocycles. The average Bonchev–Trinajstić information content (AvgIpc) is 3.12. The van der Waals surface area contributed by atoms with Crippen molar-refractivity contribution in [2.24, 2.45) is 0 Å². The van der Waals surface area contributed by atoms with Crippen molar-refractivity contribution in [3.63, 3.8) is 0 Å². The highest BCUT2D eigenvalue weighted by Gasteiger charge is 2.16. The van der Waals surface area contributed by atoms with Gasteiger partial charge in [0.1, 0.15) is 23.1 Å². The zero-order valence-electron chi connectivity index (χ0n) is 13.7. The van der Waals surface area contributed by atoms with Gasteiger partial charge in [-0.15, -0.1) is 11.3 Å². The third-order valence-corrected chi connectivity index (χ3v) is 4.71. The number of benzene rings is 2. The van der Waals surface area contributed by atoms with Crippen LogP contribution in [0.25, 0.3) is 10.6 Å². The maximum Gasteiger partial charge on any atom is 0.273 e. The van der Waals surface area contributed by atoms with E-state index < -0.39 is 0 Å². The van der Waals surface area contributed by atoms with Crippen molar-refractivity contribution in [2.75, 3.05) is 20.2 Å². The minimum absolute atomic E-state index is 0.117. The average molecular weight is 373 g/mol. The van der Waals surface area contributed by atoms with Gasteiger partial charge >= 0.3 is 0 Å². The van der Waals surface area contributed by atoms with E-state index in [9.17, 15) is 4.79 Å². The third-order valence-electron chi connectivity index (χ3n) is 3.58. The van der Waals surface area contributed by atoms with Gasteiger partial charge < -0.3 is 9.64 Å². The number of thiazole rings is 1. The molecule has 25 heavy (non-hydrogen) atoms. The van der Waals surface area contributed by atoms with Crippen LogP contribution < -0.4 is 4.74 Å². The van der Waals surface area contributed by atoms with Gasteiger partial charge in [-0.2, -0.15) is 0 Å². The number of carbonyl (C=O) groups is 1. The Morgan fingerprint density at radius 3 is 2.76 bits per heavy atom. The Balaban J connectivity index is 1.56. The summed E-state index contributed by atoms with van der Waals surface area (Å²) in [5, 5.41) is 3.25. The van der Waals surface area contributed by atoms with Crippen molar-refractivity contribution >= 4 is 28.8 Å². The molecule has 0 fully saturated rings. The molecule has 2 aromatic carbocycles. The molecular weight excluding hydrogens is 356 g/mol. The molecule has 4 nitrogen and oxygen atoms in total. The van der Waals surface area contributed by atoms with Gasteiger partial charge in [0.25, 0.3) is 5.91 Å². The normalized spacial score (nSPS) is 10.5. The first kappa shape index (κ1) is 17.5. The van der Waals surface area contributed by atoms with Gasteiger partial charge in [-0.3, -0.25) is 4.79 Å². The maximum atomic E-state index is 12.5. The summed E-state index contributed by atoms with van der Waals surface area (Å²) < 4.78 is 5.62. The van der Waals surface area contributed by atoms with Crippen molar-refractivity contribution in [3.05, 3.63) is 70.7 Å². The van der Waals surface area contributed by atoms with Crippen molar-refractivity contribution in [3.8, 4) is 16.3 Å². The fourth-order valence-corrected chi connectivity index (χ4v) is 3.22. The molecular formula is C19H17ClN2O2S. The number of halogens is 1. The summed E-state index contributed by atoms with van der Waals surface area (Å²) in [4.78, 5) is 18.5. The number of likely N-dealkylation sites (N-methyl/N-ethyl adjacent to an activating group) is 1. The maximum absolute atomic E-state index is 12.5. The highest BCUT2D eigenvalue weighted by Crippen LogP contribution is 2.23. The predicted molar refractivity (Wildman–Crippen MR) is 101 cm³/mol. The van der Waals surface area contributed by atoms with Crippen LogP contribution in [0.3, 0.4) is 0 Å². The number of carbonyl (C=O) groups excluding carboxylic acids is 1. The van der Waals surface area contributed by atoms with Gasteiger partial charge in [0.15, 0.2) is 0 Å². The molecule has 3 rings (SSSR count). The van der Waals surface area contributed by atoms with Crippen LogP contribution >= 0.6 is 22.9 Å². The van der Waals surface area contributed by atoms with Crippen molar-refractivity contribution in [2.45, 2.75) is 0 Å². The van der Waals surface area contributed by atoms with E-state index in [1.54, 1.807) is 29.5 Å². The highest BCUT2D eigenvalue weighted by atomic mass is 35.5. The van der Waals surface area contributed by atoms with Crippen molar-refractivity contribution in [1.82, 2.24) is 9.88 Å². The molecule has 0 radical (unpaired) electrons. The summed E-state index contributed by atoms with van der Waals surface area (Å²) in [5.41, 5.74) is 1.47. The number of nitrogens with zero attached hydrogens (tertiary/aromatic N) is 2. The summed E-state index contributed by atoms with van der Waals surface area (Å²) in [7, 11) is 1.74. The Morgan fingerprint density at radius 1 is 1.20 bits per heavy atom. The lowest BCUT2D eigenvalue weighted by Gasteiger charge is -2.16. The number of rotatable bonds is 6. The zero-order valence-corrected chi connectivity index (χ0v) is 15.3. The predicted octanol–water partition coefficient (Wildman–Crippen LogP) is 4.61. The van der Waals surface area contributed by atoms with Crippen LogP contribution in [0.1, 0.15) is 10.5 Å². The van der Waals surface area contributed by atoms with Gasteiger partial charge in [-0.05, 0) is 18.2 Å². The molecule has 0 N–H and O–H groups in total. The second-order valence-corrected chi connectivity index (χ2v) is 6.73. The zero-order chi connectivity index (χ0) is 17.6. The van der Waals surface area contributed by atoms with Gasteiger partial charge in [0, 0.05) is 23.0 Å². The van der Waals surface area contributed by atoms with E-state index >= 15 is 0 Å². The van der Waals surface area contributed by atoms with Crippen LogP contribution in [0.5, 0.6) is 5.75 Å². The van der Waals surface area contributed by atoms with Crippen LogP contribution in [0.2, 0.25) is 5.02 Å². The molecule has 1 heterocycles. The minimum atomic E-state index is -0.117. The molecule has 1 amide bonds. The van der Waals surface area contributed by atoms with Crippen LogP contribution in [0, 0.1) is 0 Å². The molecule has 0 atom stereocenters. The summed E-state index contributed by atoms with van der Waals surface area (Å²) in [5.74, 6) is 0.571. The molecule has 0 unspecified atom stereocenters. The largest absolute Gasteiger partial charge is 0.492 e. The lowest BCUT2D eigenvalue weighted by atomic mass is 10.2. The molecule has 0 aliphatic carbocycles. The van der Waals surface area contributed by atoms with Gasteiger partial charge in [0.2, 0.25) is 0 Å². The van der Waals surface area contributed by atoms with Crippen molar-refractivity contribution < 1.29 is 9.53 Å². The third kappa shape index (κ3) is 4.59. The minimum Gasteiger partial charge on any atom is -0.492 e. The lowest BCUT2D eigenvalue weighted by molar-refractivity contribution is 0.0769. The molecule has 3 aromatic rings.